The summed E-state index contributed by atoms with van der Waals surface area (Å²) in [4.78, 5) is 213. The first-order valence-corrected chi connectivity index (χ1v) is 34.4. The van der Waals surface area contributed by atoms with Gasteiger partial charge in [0.05, 0.1) is 31.7 Å². The first-order chi connectivity index (χ1) is 47.1. The minimum atomic E-state index is -1.91. The number of aliphatic hydroxyl groups is 2. The molecule has 0 aromatic heterocycles. The third-order valence-corrected chi connectivity index (χ3v) is 16.3. The predicted molar refractivity (Wildman–Crippen MR) is 368 cm³/mol. The number of thiol groups is 1. The molecule has 0 aliphatic heterocycles. The number of aliphatic carboxylic acids is 3. The number of unbranched alkanes of at least 4 members (excludes halogenated alkanes) is 2. The Morgan fingerprint density at radius 1 is 0.416 bits per heavy atom. The van der Waals surface area contributed by atoms with E-state index >= 15 is 0 Å². The number of rotatable bonds is 50. The highest BCUT2D eigenvalue weighted by molar-refractivity contribution is 7.80. The number of amides is 13. The quantitative estimate of drug-likeness (QED) is 0.0199. The summed E-state index contributed by atoms with van der Waals surface area (Å²) in [5.41, 5.74) is 17.1. The summed E-state index contributed by atoms with van der Waals surface area (Å²) in [7, 11) is 0. The van der Waals surface area contributed by atoms with E-state index in [1.54, 1.807) is 48.5 Å². The number of carboxylic acid groups (broad SMARTS) is 3. The minimum absolute atomic E-state index is 0.0175. The van der Waals surface area contributed by atoms with E-state index in [1.807, 2.05) is 0 Å². The molecule has 37 nitrogen and oxygen atoms in total. The standard InChI is InChI=1S/C63H112N16O21S/c1-13-33(10)49(78-55(91)40(25-45(85)86)72-57(93)42(28-101)75-62(98)50(35(12)81)79-58(94)46(66)30(4)5)61(97)73-39(24-29(2)3)54(90)74-41(27-80)56(92)77-48(32(8)9)60(96)70-37(20-21-44(83)84)53(89)68-34(11)51(87)69-36(18-14-16-22-64)52(88)67-26-43(82)76-47(31(6)7)59(95)71-38(63(99)100)19-15-17-23-65/h29-42,46-50,80-81,101H,13-28,64-66H2,1-12H3,(H,67,88)(H,68,89)(H,69,87)(H,70,96)(H,71,95)(H,72,93)(H,73,97)(H,74,90)(H,75,98)(H,76,82)(H,77,92)(H,78,91)(H,79,94)(H,83,84)(H,85,86)(H,99,100)/t33-,34-,35+,36-,37-,38-,39-,40-,41-,42-,46-,47-,48-,49-,50-/m0/s1. The number of carbonyl (C=O) groups is 16. The topological polar surface area (TPSA) is 609 Å². The number of carbonyl (C=O) groups excluding carboxylic acids is 13. The Bertz CT molecular complexity index is 2800. The molecule has 101 heavy (non-hydrogen) atoms. The molecule has 0 aliphatic carbocycles. The second kappa shape index (κ2) is 47.7. The number of hydrogen-bond donors (Lipinski definition) is 22. The van der Waals surface area contributed by atoms with Crippen LogP contribution in [0.3, 0.4) is 0 Å². The van der Waals surface area contributed by atoms with E-state index in [4.69, 9.17) is 17.2 Å². The van der Waals surface area contributed by atoms with Crippen LogP contribution in [0.15, 0.2) is 0 Å². The van der Waals surface area contributed by atoms with E-state index < -0.39 is 235 Å². The molecule has 0 radical (unpaired) electrons. The van der Waals surface area contributed by atoms with Crippen LogP contribution in [0.25, 0.3) is 0 Å². The maximum Gasteiger partial charge on any atom is 0.326 e. The first kappa shape index (κ1) is 92.7. The molecule has 15 atom stereocenters. The minimum Gasteiger partial charge on any atom is -0.481 e. The highest BCUT2D eigenvalue weighted by atomic mass is 32.1. The second-order valence-corrected chi connectivity index (χ2v) is 26.6. The smallest absolute Gasteiger partial charge is 0.326 e. The summed E-state index contributed by atoms with van der Waals surface area (Å²) >= 11 is 4.11. The van der Waals surface area contributed by atoms with E-state index in [-0.39, 0.29) is 44.1 Å². The predicted octanol–water partition coefficient (Wildman–Crippen LogP) is -5.69. The van der Waals surface area contributed by atoms with Crippen molar-refractivity contribution >= 4 is 107 Å². The zero-order valence-electron chi connectivity index (χ0n) is 59.7. The van der Waals surface area contributed by atoms with Crippen molar-refractivity contribution in [2.45, 2.75) is 238 Å². The van der Waals surface area contributed by atoms with Crippen LogP contribution in [0.2, 0.25) is 0 Å². The summed E-state index contributed by atoms with van der Waals surface area (Å²) in [5.74, 6) is -20.5. The van der Waals surface area contributed by atoms with Gasteiger partial charge in [-0.05, 0) is 108 Å². The van der Waals surface area contributed by atoms with Crippen LogP contribution in [0.1, 0.15) is 154 Å². The molecular weight excluding hydrogens is 1350 g/mol. The molecule has 13 amide bonds. The van der Waals surface area contributed by atoms with Crippen LogP contribution < -0.4 is 86.3 Å². The Balaban J connectivity index is 6.52. The van der Waals surface area contributed by atoms with Gasteiger partial charge in [0.15, 0.2) is 0 Å². The molecule has 576 valence electrons. The highest BCUT2D eigenvalue weighted by Crippen LogP contribution is 2.15. The van der Waals surface area contributed by atoms with Gasteiger partial charge in [-0.25, -0.2) is 4.79 Å². The van der Waals surface area contributed by atoms with Gasteiger partial charge in [-0.1, -0.05) is 75.7 Å². The van der Waals surface area contributed by atoms with E-state index in [0.717, 1.165) is 0 Å². The van der Waals surface area contributed by atoms with Crippen molar-refractivity contribution in [1.29, 1.82) is 0 Å². The van der Waals surface area contributed by atoms with Crippen molar-refractivity contribution in [1.82, 2.24) is 69.1 Å². The van der Waals surface area contributed by atoms with Gasteiger partial charge in [-0.15, -0.1) is 0 Å². The summed E-state index contributed by atoms with van der Waals surface area (Å²) in [6.07, 6.45) is -2.06. The van der Waals surface area contributed by atoms with Gasteiger partial charge >= 0.3 is 17.9 Å². The molecular formula is C63H112N16O21S. The van der Waals surface area contributed by atoms with Gasteiger partial charge in [0.2, 0.25) is 76.8 Å². The van der Waals surface area contributed by atoms with Crippen LogP contribution in [0.5, 0.6) is 0 Å². The average molecular weight is 1460 g/mol. The molecule has 24 N–H and O–H groups in total. The van der Waals surface area contributed by atoms with Crippen LogP contribution >= 0.6 is 12.6 Å². The van der Waals surface area contributed by atoms with Crippen molar-refractivity contribution in [2.75, 3.05) is 32.0 Å². The SMILES string of the molecule is CC[C@H](C)[C@H](NC(=O)[C@H](CC(=O)O)NC(=O)[C@H](CS)NC(=O)[C@@H](NC(=O)[C@@H](N)C(C)C)[C@@H](C)O)C(=O)N[C@@H](CC(C)C)C(=O)N[C@@H](CO)C(=O)N[C@H](C(=O)N[C@@H](CCC(=O)O)C(=O)N[C@@H](C)C(=O)N[C@@H](CCCCN)C(=O)NCC(=O)N[C@H](C(=O)N[C@@H](CCCCN)C(=O)O)C(C)C)C(C)C. The van der Waals surface area contributed by atoms with Crippen molar-refractivity contribution in [3.05, 3.63) is 0 Å². The Morgan fingerprint density at radius 2 is 0.832 bits per heavy atom. The van der Waals surface area contributed by atoms with E-state index in [1.165, 1.54) is 34.6 Å². The zero-order chi connectivity index (χ0) is 77.7. The molecule has 0 fully saturated rings. The molecule has 0 aromatic rings. The fraction of sp³-hybridized carbons (Fsp3) is 0.746. The maximum absolute atomic E-state index is 14.2. The fourth-order valence-corrected chi connectivity index (χ4v) is 9.80. The monoisotopic (exact) mass is 1460 g/mol. The summed E-state index contributed by atoms with van der Waals surface area (Å²) in [6, 6.07) is -19.6. The lowest BCUT2D eigenvalue weighted by Gasteiger charge is -2.30. The average Bonchev–Trinajstić information content (AvgIpc) is 0.853. The van der Waals surface area contributed by atoms with Crippen LogP contribution in [-0.4, -0.2) is 237 Å². The van der Waals surface area contributed by atoms with Crippen molar-refractivity contribution in [2.24, 2.45) is 46.8 Å². The molecule has 0 aromatic carbocycles. The number of carboxylic acids is 3. The lowest BCUT2D eigenvalue weighted by molar-refractivity contribution is -0.143. The maximum atomic E-state index is 14.2. The summed E-state index contributed by atoms with van der Waals surface area (Å²) in [5, 5.41) is 80.9. The first-order valence-electron chi connectivity index (χ1n) is 33.8. The lowest BCUT2D eigenvalue weighted by atomic mass is 9.96. The van der Waals surface area contributed by atoms with E-state index in [0.29, 0.717) is 32.2 Å². The van der Waals surface area contributed by atoms with Crippen LogP contribution in [0, 0.1) is 29.6 Å². The van der Waals surface area contributed by atoms with Gasteiger partial charge in [0.25, 0.3) is 0 Å². The van der Waals surface area contributed by atoms with Crippen LogP contribution in [-0.2, 0) is 76.7 Å². The van der Waals surface area contributed by atoms with Gasteiger partial charge in [0.1, 0.15) is 72.5 Å². The van der Waals surface area contributed by atoms with Gasteiger partial charge in [0, 0.05) is 12.2 Å². The lowest BCUT2D eigenvalue weighted by Crippen LogP contribution is -2.62. The Hall–Kier alpha value is -8.33. The highest BCUT2D eigenvalue weighted by Gasteiger charge is 2.39. The third-order valence-electron chi connectivity index (χ3n) is 16.0. The molecule has 0 bridgehead atoms. The fourth-order valence-electron chi connectivity index (χ4n) is 9.54. The molecule has 0 aliphatic rings. The molecule has 0 unspecified atom stereocenters. The molecule has 38 heteroatoms. The molecule has 0 rings (SSSR count). The zero-order valence-corrected chi connectivity index (χ0v) is 60.6. The van der Waals surface area contributed by atoms with Gasteiger partial charge in [-0.3, -0.25) is 71.9 Å². The molecule has 0 saturated heterocycles. The number of aliphatic hydroxyl groups excluding tert-OH is 2. The van der Waals surface area contributed by atoms with Crippen molar-refractivity contribution in [3.8, 4) is 0 Å². The third kappa shape index (κ3) is 34.7. The second-order valence-electron chi connectivity index (χ2n) is 26.2. The number of nitrogens with two attached hydrogens (primary N) is 3. The van der Waals surface area contributed by atoms with E-state index in [2.05, 4.69) is 81.7 Å². The van der Waals surface area contributed by atoms with E-state index in [9.17, 15) is 102 Å². The number of nitrogens with one attached hydrogen (secondary N) is 13. The Kier molecular flexibility index (Phi) is 43.8. The molecule has 0 spiro atoms. The van der Waals surface area contributed by atoms with Crippen molar-refractivity contribution < 1.29 is 102 Å². The van der Waals surface area contributed by atoms with Gasteiger partial charge in [-0.2, -0.15) is 12.6 Å². The molecule has 0 heterocycles. The van der Waals surface area contributed by atoms with Crippen molar-refractivity contribution in [3.63, 3.8) is 0 Å². The normalized spacial score (nSPS) is 15.8. The Morgan fingerprint density at radius 3 is 1.31 bits per heavy atom. The summed E-state index contributed by atoms with van der Waals surface area (Å²) < 4.78 is 0. The largest absolute Gasteiger partial charge is 0.481 e. The summed E-state index contributed by atoms with van der Waals surface area (Å²) in [6.45, 7) is 17.1. The molecule has 0 saturated carbocycles. The van der Waals surface area contributed by atoms with Gasteiger partial charge < -0.3 is 112 Å². The Labute approximate surface area is 593 Å². The van der Waals surface area contributed by atoms with Crippen LogP contribution in [0.4, 0.5) is 0 Å². The number of hydrogen-bond acceptors (Lipinski definition) is 22.